The first-order valence-electron chi connectivity index (χ1n) is 3.69. The third kappa shape index (κ3) is 2.18. The van der Waals surface area contributed by atoms with E-state index < -0.39 is 8.80 Å². The summed E-state index contributed by atoms with van der Waals surface area (Å²) in [6.45, 7) is 4.11. The lowest BCUT2D eigenvalue weighted by atomic mass is 10.3. The number of benzene rings is 1. The number of hydrogen-bond acceptors (Lipinski definition) is 0. The molecule has 14 heavy (non-hydrogen) atoms. The predicted octanol–water partition coefficient (Wildman–Crippen LogP) is 4.92. The summed E-state index contributed by atoms with van der Waals surface area (Å²) in [7, 11) is -0.825. The standard InChI is InChI=1S/C8H6Cl5Si/c1-14(2)8-6(12)4(10)3(9)5(11)7(8)13/h1-2H3. The largest absolute Gasteiger partial charge is 0.0833 e. The highest BCUT2D eigenvalue weighted by molar-refractivity contribution is 6.77. The molecule has 1 aromatic carbocycles. The zero-order valence-electron chi connectivity index (χ0n) is 7.39. The van der Waals surface area contributed by atoms with E-state index in [0.29, 0.717) is 10.0 Å². The van der Waals surface area contributed by atoms with Crippen molar-refractivity contribution in [2.75, 3.05) is 0 Å². The van der Waals surface area contributed by atoms with Gasteiger partial charge < -0.3 is 0 Å². The number of hydrogen-bond donors (Lipinski definition) is 0. The van der Waals surface area contributed by atoms with Crippen molar-refractivity contribution in [2.45, 2.75) is 13.1 Å². The minimum atomic E-state index is -0.825. The fraction of sp³-hybridized carbons (Fsp3) is 0.250. The molecule has 0 saturated carbocycles. The molecule has 0 unspecified atom stereocenters. The summed E-state index contributed by atoms with van der Waals surface area (Å²) in [6.07, 6.45) is 0. The lowest BCUT2D eigenvalue weighted by Gasteiger charge is -2.13. The van der Waals surface area contributed by atoms with Gasteiger partial charge in [-0.15, -0.1) is 0 Å². The average Bonchev–Trinajstić information content (AvgIpc) is 2.11. The van der Waals surface area contributed by atoms with Crippen molar-refractivity contribution < 1.29 is 0 Å². The monoisotopic (exact) mass is 305 g/mol. The summed E-state index contributed by atoms with van der Waals surface area (Å²) in [5, 5.41) is 2.45. The Kier molecular flexibility index (Phi) is 4.45. The van der Waals surface area contributed by atoms with Gasteiger partial charge in [-0.1, -0.05) is 71.1 Å². The van der Waals surface area contributed by atoms with Gasteiger partial charge in [0, 0.05) is 0 Å². The molecule has 0 aliphatic carbocycles. The third-order valence-electron chi connectivity index (χ3n) is 1.71. The fourth-order valence-corrected chi connectivity index (χ4v) is 4.60. The third-order valence-corrected chi connectivity index (χ3v) is 5.80. The van der Waals surface area contributed by atoms with Gasteiger partial charge >= 0.3 is 0 Å². The number of rotatable bonds is 1. The van der Waals surface area contributed by atoms with Crippen LogP contribution in [0, 0.1) is 0 Å². The second-order valence-electron chi connectivity index (χ2n) is 2.94. The van der Waals surface area contributed by atoms with E-state index in [1.807, 2.05) is 0 Å². The van der Waals surface area contributed by atoms with Gasteiger partial charge in [0.1, 0.15) is 0 Å². The summed E-state index contributed by atoms with van der Waals surface area (Å²) >= 11 is 29.7. The van der Waals surface area contributed by atoms with E-state index in [1.165, 1.54) is 0 Å². The summed E-state index contributed by atoms with van der Waals surface area (Å²) < 4.78 is 0. The van der Waals surface area contributed by atoms with Crippen LogP contribution in [0.1, 0.15) is 0 Å². The lowest BCUT2D eigenvalue weighted by molar-refractivity contribution is 1.72. The highest BCUT2D eigenvalue weighted by Gasteiger charge is 2.21. The Morgan fingerprint density at radius 2 is 0.929 bits per heavy atom. The molecule has 0 fully saturated rings. The van der Waals surface area contributed by atoms with Gasteiger partial charge in [-0.3, -0.25) is 0 Å². The van der Waals surface area contributed by atoms with Crippen LogP contribution in [0.4, 0.5) is 0 Å². The van der Waals surface area contributed by atoms with Crippen LogP contribution in [0.2, 0.25) is 38.2 Å². The quantitative estimate of drug-likeness (QED) is 0.393. The summed E-state index contributed by atoms with van der Waals surface area (Å²) in [6, 6.07) is 0. The first kappa shape index (κ1) is 13.0. The number of halogens is 5. The molecule has 0 bridgehead atoms. The molecular weight excluding hydrogens is 301 g/mol. The molecule has 0 aliphatic rings. The molecule has 0 aromatic heterocycles. The van der Waals surface area contributed by atoms with Crippen LogP contribution in [0.15, 0.2) is 0 Å². The Balaban J connectivity index is 3.60. The van der Waals surface area contributed by atoms with Crippen LogP contribution in [0.5, 0.6) is 0 Å². The molecule has 77 valence electrons. The molecule has 0 N–H and O–H groups in total. The van der Waals surface area contributed by atoms with Crippen LogP contribution >= 0.6 is 58.0 Å². The van der Waals surface area contributed by atoms with E-state index in [9.17, 15) is 0 Å². The Morgan fingerprint density at radius 3 is 1.21 bits per heavy atom. The molecule has 0 heterocycles. The molecule has 0 atom stereocenters. The fourth-order valence-electron chi connectivity index (χ4n) is 1.04. The summed E-state index contributed by atoms with van der Waals surface area (Å²) in [4.78, 5) is 0. The SMILES string of the molecule is C[Si](C)c1c(Cl)c(Cl)c(Cl)c(Cl)c1Cl. The molecule has 0 nitrogen and oxygen atoms in total. The van der Waals surface area contributed by atoms with Crippen LogP contribution in [-0.2, 0) is 0 Å². The zero-order valence-corrected chi connectivity index (χ0v) is 12.2. The Labute approximate surface area is 110 Å². The van der Waals surface area contributed by atoms with E-state index in [2.05, 4.69) is 13.1 Å². The van der Waals surface area contributed by atoms with E-state index in [4.69, 9.17) is 58.0 Å². The van der Waals surface area contributed by atoms with E-state index in [-0.39, 0.29) is 15.1 Å². The van der Waals surface area contributed by atoms with Crippen LogP contribution in [0.3, 0.4) is 0 Å². The lowest BCUT2D eigenvalue weighted by Crippen LogP contribution is -2.25. The van der Waals surface area contributed by atoms with Crippen molar-refractivity contribution in [3.63, 3.8) is 0 Å². The van der Waals surface area contributed by atoms with E-state index in [0.717, 1.165) is 5.19 Å². The first-order valence-corrected chi connectivity index (χ1v) is 8.08. The molecule has 1 rings (SSSR count). The van der Waals surface area contributed by atoms with Crippen molar-refractivity contribution in [3.05, 3.63) is 25.1 Å². The van der Waals surface area contributed by atoms with Crippen molar-refractivity contribution in [2.24, 2.45) is 0 Å². The van der Waals surface area contributed by atoms with Gasteiger partial charge in [-0.05, 0) is 5.19 Å². The smallest absolute Gasteiger partial charge is 0.0827 e. The minimum absolute atomic E-state index is 0.218. The normalized spacial score (nSPS) is 11.1. The highest BCUT2D eigenvalue weighted by Crippen LogP contribution is 2.39. The molecule has 0 saturated heterocycles. The van der Waals surface area contributed by atoms with E-state index >= 15 is 0 Å². The van der Waals surface area contributed by atoms with Crippen molar-refractivity contribution in [1.82, 2.24) is 0 Å². The molecule has 1 radical (unpaired) electrons. The molecular formula is C8H6Cl5Si. The van der Waals surface area contributed by atoms with Gasteiger partial charge in [0.25, 0.3) is 0 Å². The second kappa shape index (κ2) is 4.81. The Hall–Kier alpha value is 0.887. The molecule has 0 spiro atoms. The predicted molar refractivity (Wildman–Crippen MR) is 68.6 cm³/mol. The van der Waals surface area contributed by atoms with Gasteiger partial charge in [0.15, 0.2) is 0 Å². The minimum Gasteiger partial charge on any atom is -0.0827 e. The van der Waals surface area contributed by atoms with Crippen LogP contribution in [0.25, 0.3) is 0 Å². The van der Waals surface area contributed by atoms with Gasteiger partial charge in [0.2, 0.25) is 0 Å². The zero-order chi connectivity index (χ0) is 11.0. The highest BCUT2D eigenvalue weighted by atomic mass is 35.5. The average molecular weight is 307 g/mol. The van der Waals surface area contributed by atoms with Crippen molar-refractivity contribution in [1.29, 1.82) is 0 Å². The summed E-state index contributed by atoms with van der Waals surface area (Å²) in [5.41, 5.74) is 0. The first-order chi connectivity index (χ1) is 6.37. The van der Waals surface area contributed by atoms with Crippen LogP contribution < -0.4 is 5.19 Å². The Bertz CT molecular complexity index is 345. The van der Waals surface area contributed by atoms with E-state index in [1.54, 1.807) is 0 Å². The molecule has 6 heteroatoms. The maximum atomic E-state index is 6.04. The molecule has 0 aliphatic heterocycles. The Morgan fingerprint density at radius 1 is 0.643 bits per heavy atom. The molecule has 1 aromatic rings. The van der Waals surface area contributed by atoms with Gasteiger partial charge in [-0.2, -0.15) is 0 Å². The van der Waals surface area contributed by atoms with Crippen molar-refractivity contribution in [3.8, 4) is 0 Å². The van der Waals surface area contributed by atoms with Crippen molar-refractivity contribution >= 4 is 72.0 Å². The molecule has 0 amide bonds. The maximum Gasteiger partial charge on any atom is 0.0833 e. The van der Waals surface area contributed by atoms with Gasteiger partial charge in [0.05, 0.1) is 33.9 Å². The van der Waals surface area contributed by atoms with Gasteiger partial charge in [-0.25, -0.2) is 0 Å². The topological polar surface area (TPSA) is 0 Å². The summed E-state index contributed by atoms with van der Waals surface area (Å²) in [5.74, 6) is 0. The second-order valence-corrected chi connectivity index (χ2v) is 7.33. The maximum absolute atomic E-state index is 6.04. The van der Waals surface area contributed by atoms with Crippen LogP contribution in [-0.4, -0.2) is 8.80 Å².